The summed E-state index contributed by atoms with van der Waals surface area (Å²) in [5, 5.41) is 34.6. The first-order valence-electron chi connectivity index (χ1n) is 18.5. The first-order valence-corrected chi connectivity index (χ1v) is 18.5. The van der Waals surface area contributed by atoms with E-state index >= 15 is 0 Å². The molecule has 4 heterocycles. The predicted molar refractivity (Wildman–Crippen MR) is 184 cm³/mol. The Labute approximate surface area is 303 Å². The number of hydrogen-bond donors (Lipinski definition) is 3. The molecule has 4 bridgehead atoms. The second-order valence-electron chi connectivity index (χ2n) is 16.4. The van der Waals surface area contributed by atoms with E-state index in [2.05, 4.69) is 0 Å². The van der Waals surface area contributed by atoms with Crippen molar-refractivity contribution in [3.8, 4) is 0 Å². The molecule has 0 aromatic carbocycles. The van der Waals surface area contributed by atoms with Gasteiger partial charge in [-0.2, -0.15) is 0 Å². The molecular weight excluding hydrogens is 666 g/mol. The van der Waals surface area contributed by atoms with Crippen molar-refractivity contribution in [2.45, 2.75) is 172 Å². The van der Waals surface area contributed by atoms with E-state index in [9.17, 15) is 24.9 Å². The van der Waals surface area contributed by atoms with Gasteiger partial charge in [-0.25, -0.2) is 0 Å². The molecule has 14 heteroatoms. The number of cyclic esters (lactones) is 1. The number of aliphatic hydroxyl groups is 3. The van der Waals surface area contributed by atoms with Gasteiger partial charge in [0.1, 0.15) is 35.3 Å². The monoisotopic (exact) mass is 731 g/mol. The predicted octanol–water partition coefficient (Wildman–Crippen LogP) is 2.42. The summed E-state index contributed by atoms with van der Waals surface area (Å²) >= 11 is 0. The zero-order valence-electron chi connectivity index (χ0n) is 32.9. The molecule has 0 saturated carbocycles. The Hall–Kier alpha value is -1.30. The second-order valence-corrected chi connectivity index (χ2v) is 16.4. The minimum Gasteiger partial charge on any atom is -0.459 e. The molecule has 296 valence electrons. The van der Waals surface area contributed by atoms with Gasteiger partial charge >= 0.3 is 5.97 Å². The van der Waals surface area contributed by atoms with E-state index in [0.717, 1.165) is 0 Å². The highest BCUT2D eigenvalue weighted by Crippen LogP contribution is 2.43. The maximum absolute atomic E-state index is 14.1. The number of rotatable bonds is 4. The van der Waals surface area contributed by atoms with Crippen molar-refractivity contribution in [1.29, 1.82) is 0 Å². The number of carbonyl (C=O) groups excluding carboxylic acids is 2. The lowest BCUT2D eigenvalue weighted by Crippen LogP contribution is -2.63. The molecule has 0 spiro atoms. The van der Waals surface area contributed by atoms with E-state index in [1.807, 2.05) is 39.8 Å². The Morgan fingerprint density at radius 1 is 0.804 bits per heavy atom. The van der Waals surface area contributed by atoms with Crippen LogP contribution in [0.1, 0.15) is 88.0 Å². The van der Waals surface area contributed by atoms with Crippen LogP contribution in [0.5, 0.6) is 0 Å². The number of ether oxygens (including phenoxy) is 8. The fourth-order valence-corrected chi connectivity index (χ4v) is 8.68. The van der Waals surface area contributed by atoms with Crippen LogP contribution >= 0.6 is 0 Å². The summed E-state index contributed by atoms with van der Waals surface area (Å²) in [5.41, 5.74) is -4.28. The zero-order chi connectivity index (χ0) is 38.4. The van der Waals surface area contributed by atoms with Crippen molar-refractivity contribution in [2.24, 2.45) is 23.7 Å². The Morgan fingerprint density at radius 2 is 1.43 bits per heavy atom. The quantitative estimate of drug-likeness (QED) is 0.360. The Morgan fingerprint density at radius 3 is 2.00 bits per heavy atom. The molecule has 4 fully saturated rings. The summed E-state index contributed by atoms with van der Waals surface area (Å²) < 4.78 is 51.4. The number of ketones is 1. The van der Waals surface area contributed by atoms with E-state index in [-0.39, 0.29) is 37.2 Å². The lowest BCUT2D eigenvalue weighted by molar-refractivity contribution is -0.376. The van der Waals surface area contributed by atoms with Crippen molar-refractivity contribution < 1.29 is 62.8 Å². The van der Waals surface area contributed by atoms with Gasteiger partial charge in [0.15, 0.2) is 18.9 Å². The molecule has 0 amide bonds. The molecule has 4 saturated heterocycles. The van der Waals surface area contributed by atoms with E-state index < -0.39 is 102 Å². The van der Waals surface area contributed by atoms with Crippen LogP contribution in [0.4, 0.5) is 0 Å². The topological polar surface area (TPSA) is 172 Å². The zero-order valence-corrected chi connectivity index (χ0v) is 32.9. The number of methoxy groups -OCH3 is 2. The van der Waals surface area contributed by atoms with Gasteiger partial charge in [0.25, 0.3) is 0 Å². The largest absolute Gasteiger partial charge is 0.459 e. The fraction of sp³-hybridized carbons (Fsp3) is 0.946. The van der Waals surface area contributed by atoms with Gasteiger partial charge in [-0.1, -0.05) is 27.7 Å². The van der Waals surface area contributed by atoms with Crippen LogP contribution in [0, 0.1) is 23.7 Å². The maximum atomic E-state index is 14.1. The van der Waals surface area contributed by atoms with E-state index in [1.165, 1.54) is 14.0 Å². The average molecular weight is 732 g/mol. The molecule has 0 aromatic rings. The Balaban J connectivity index is 1.94. The summed E-state index contributed by atoms with van der Waals surface area (Å²) in [5.74, 6) is -4.22. The Bertz CT molecular complexity index is 1200. The van der Waals surface area contributed by atoms with Gasteiger partial charge in [0, 0.05) is 44.4 Å². The molecular formula is C37H65NO13. The number of fused-ring (bicyclic) bond motifs is 5. The van der Waals surface area contributed by atoms with Crippen LogP contribution in [0.25, 0.3) is 0 Å². The molecule has 0 radical (unpaired) electrons. The summed E-state index contributed by atoms with van der Waals surface area (Å²) in [6.07, 6.45) is -8.92. The number of aliphatic hydroxyl groups excluding tert-OH is 2. The first-order chi connectivity index (χ1) is 23.6. The highest BCUT2D eigenvalue weighted by Gasteiger charge is 2.56. The molecule has 51 heavy (non-hydrogen) atoms. The summed E-state index contributed by atoms with van der Waals surface area (Å²) in [4.78, 5) is 30.2. The van der Waals surface area contributed by atoms with Crippen LogP contribution in [0.2, 0.25) is 0 Å². The first kappa shape index (κ1) is 42.4. The number of nitrogens with zero attached hydrogens (tertiary/aromatic N) is 1. The fourth-order valence-electron chi connectivity index (χ4n) is 8.68. The van der Waals surface area contributed by atoms with Crippen LogP contribution in [0.15, 0.2) is 0 Å². The lowest BCUT2D eigenvalue weighted by atomic mass is 9.74. The molecule has 4 rings (SSSR count). The maximum Gasteiger partial charge on any atom is 0.311 e. The van der Waals surface area contributed by atoms with Crippen molar-refractivity contribution in [3.63, 3.8) is 0 Å². The third kappa shape index (κ3) is 8.36. The van der Waals surface area contributed by atoms with Gasteiger partial charge in [0.05, 0.1) is 35.9 Å². The van der Waals surface area contributed by atoms with Crippen molar-refractivity contribution >= 4 is 11.8 Å². The molecule has 4 aliphatic rings. The van der Waals surface area contributed by atoms with Gasteiger partial charge < -0.3 is 58.1 Å². The number of esters is 1. The van der Waals surface area contributed by atoms with Crippen LogP contribution in [-0.4, -0.2) is 145 Å². The van der Waals surface area contributed by atoms with Crippen molar-refractivity contribution in [3.05, 3.63) is 0 Å². The van der Waals surface area contributed by atoms with E-state index in [4.69, 9.17) is 37.9 Å². The molecule has 14 nitrogen and oxygen atoms in total. The summed E-state index contributed by atoms with van der Waals surface area (Å²) in [7, 11) is 6.92. The third-order valence-electron chi connectivity index (χ3n) is 12.3. The van der Waals surface area contributed by atoms with Crippen molar-refractivity contribution in [2.75, 3.05) is 28.3 Å². The number of carbonyl (C=O) groups is 2. The summed E-state index contributed by atoms with van der Waals surface area (Å²) in [6.45, 7) is 15.6. The molecule has 0 aromatic heterocycles. The molecule has 4 aliphatic heterocycles. The number of likely N-dealkylation sites (N-methyl/N-ethyl adjacent to an activating group) is 1. The molecule has 18 atom stereocenters. The SMILES string of the molecule is CC[C@H]1OC(=O)[C@H](C)[C@H]2O[C@H]3C[C@](C)(OC)[C@@H](O)[C@@H](O3)O[C@H]3[C@@H](O[C@H](C)C[C@@H]3N(C)C)O[C@H]([C@H]2C)[C@](C)(OC)C[C@@H](C)C(=O)[C@H](C)[C@@H](O)[C@]1(C)O. The molecule has 3 N–H and O–H groups in total. The van der Waals surface area contributed by atoms with E-state index in [0.29, 0.717) is 6.42 Å². The van der Waals surface area contributed by atoms with Gasteiger partial charge in [-0.05, 0) is 68.0 Å². The lowest BCUT2D eigenvalue weighted by Gasteiger charge is -2.49. The standard InChI is InChI=1S/C37H65NO13/c1-14-24-37(9,43)29(40)20(4)26(39)18(2)16-36(8,45-13)31-21(5)27(22(6)32(42)47-24)48-25-17-35(7,44-12)30(41)34(49-25)50-28-23(38(10)11)15-19(3)46-33(28)51-31/h18-25,27-31,33-34,40-41,43H,14-17H2,1-13H3/t18-,19-,20+,21+,22-,23+,24-,25-,27+,28-,29-,30+,31-,33+,34+,35+,36-,37-/m1/s1. The van der Waals surface area contributed by atoms with E-state index in [1.54, 1.807) is 41.7 Å². The van der Waals surface area contributed by atoms with Gasteiger partial charge in [-0.15, -0.1) is 0 Å². The summed E-state index contributed by atoms with van der Waals surface area (Å²) in [6, 6.07) is -0.223. The van der Waals surface area contributed by atoms with Crippen LogP contribution < -0.4 is 0 Å². The highest BCUT2D eigenvalue weighted by molar-refractivity contribution is 5.83. The molecule has 0 unspecified atom stereocenters. The number of Topliss-reactive ketones (excluding diaryl/α,β-unsaturated/α-hetero) is 1. The third-order valence-corrected chi connectivity index (χ3v) is 12.3. The number of hydrogen-bond acceptors (Lipinski definition) is 14. The van der Waals surface area contributed by atoms with Gasteiger partial charge in [-0.3, -0.25) is 9.59 Å². The smallest absolute Gasteiger partial charge is 0.311 e. The highest BCUT2D eigenvalue weighted by atomic mass is 16.8. The Kier molecular flexibility index (Phi) is 13.5. The molecule has 0 aliphatic carbocycles. The average Bonchev–Trinajstić information content (AvgIpc) is 3.10. The van der Waals surface area contributed by atoms with Crippen LogP contribution in [0.3, 0.4) is 0 Å². The minimum absolute atomic E-state index is 0.100. The normalized spacial score (nSPS) is 50.8. The second kappa shape index (κ2) is 16.2. The van der Waals surface area contributed by atoms with Gasteiger partial charge in [0.2, 0.25) is 0 Å². The van der Waals surface area contributed by atoms with Crippen LogP contribution in [-0.2, 0) is 47.5 Å². The minimum atomic E-state index is -1.94. The van der Waals surface area contributed by atoms with Crippen molar-refractivity contribution in [1.82, 2.24) is 4.90 Å².